The molecular weight excluding hydrogens is 469 g/mol. The van der Waals surface area contributed by atoms with Crippen molar-refractivity contribution in [3.05, 3.63) is 62.2 Å². The number of nitrogens with one attached hydrogen (secondary N) is 1. The highest BCUT2D eigenvalue weighted by Crippen LogP contribution is 2.41. The number of carbonyl (C=O) groups excluding carboxylic acids is 2. The van der Waals surface area contributed by atoms with Crippen molar-refractivity contribution in [2.45, 2.75) is 26.4 Å². The molecule has 1 unspecified atom stereocenters. The molecule has 2 aromatic heterocycles. The smallest absolute Gasteiger partial charge is 0.244 e. The van der Waals surface area contributed by atoms with E-state index in [0.717, 1.165) is 27.3 Å². The van der Waals surface area contributed by atoms with E-state index < -0.39 is 0 Å². The second-order valence-electron chi connectivity index (χ2n) is 7.60. The van der Waals surface area contributed by atoms with Gasteiger partial charge in [0.1, 0.15) is 17.0 Å². The van der Waals surface area contributed by atoms with Crippen LogP contribution >= 0.6 is 34.5 Å². The van der Waals surface area contributed by atoms with Crippen LogP contribution in [-0.4, -0.2) is 34.1 Å². The molecule has 0 aliphatic carbocycles. The SMILES string of the molecule is CC(=O)c1ccc(-c2cc(Cl)c3c(c2)CC(CNC(=O)C=Cc2c(C)nn(C)c2Cl)O3)s1. The number of hydrogen-bond acceptors (Lipinski definition) is 5. The van der Waals surface area contributed by atoms with Crippen LogP contribution < -0.4 is 10.1 Å². The van der Waals surface area contributed by atoms with Crippen molar-refractivity contribution in [1.82, 2.24) is 15.1 Å². The third-order valence-electron chi connectivity index (χ3n) is 5.19. The monoisotopic (exact) mass is 489 g/mol. The number of ketones is 1. The summed E-state index contributed by atoms with van der Waals surface area (Å²) in [5.41, 5.74) is 3.40. The fourth-order valence-electron chi connectivity index (χ4n) is 3.59. The van der Waals surface area contributed by atoms with Gasteiger partial charge in [-0.05, 0) is 49.8 Å². The second kappa shape index (κ2) is 9.10. The number of halogens is 2. The summed E-state index contributed by atoms with van der Waals surface area (Å²) in [6.45, 7) is 3.73. The summed E-state index contributed by atoms with van der Waals surface area (Å²) in [4.78, 5) is 25.5. The van der Waals surface area contributed by atoms with Gasteiger partial charge in [0.25, 0.3) is 0 Å². The standard InChI is InChI=1S/C23H21Cl2N3O3S/c1-12-17(23(25)28(3)27-12)4-7-21(30)26-11-16-9-15-8-14(10-18(24)22(15)31-16)20-6-5-19(32-20)13(2)29/h4-8,10,16H,9,11H2,1-3H3,(H,26,30). The van der Waals surface area contributed by atoms with Crippen molar-refractivity contribution in [3.8, 4) is 16.2 Å². The number of aromatic nitrogens is 2. The third kappa shape index (κ3) is 4.60. The van der Waals surface area contributed by atoms with Crippen LogP contribution in [0.2, 0.25) is 10.2 Å². The Morgan fingerprint density at radius 3 is 2.78 bits per heavy atom. The summed E-state index contributed by atoms with van der Waals surface area (Å²) in [5.74, 6) is 0.444. The van der Waals surface area contributed by atoms with E-state index in [2.05, 4.69) is 10.4 Å². The second-order valence-corrected chi connectivity index (χ2v) is 9.45. The number of fused-ring (bicyclic) bond motifs is 1. The molecule has 4 rings (SSSR count). The van der Waals surface area contributed by atoms with Crippen molar-refractivity contribution >= 4 is 52.3 Å². The van der Waals surface area contributed by atoms with Gasteiger partial charge in [0.05, 0.1) is 22.1 Å². The molecule has 32 heavy (non-hydrogen) atoms. The number of Topliss-reactive ketones (excluding diaryl/α,β-unsaturated/α-hetero) is 1. The quantitative estimate of drug-likeness (QED) is 0.386. The number of amides is 1. The molecule has 9 heteroatoms. The highest BCUT2D eigenvalue weighted by Gasteiger charge is 2.26. The molecule has 0 radical (unpaired) electrons. The lowest BCUT2D eigenvalue weighted by Crippen LogP contribution is -2.33. The molecule has 1 aliphatic heterocycles. The van der Waals surface area contributed by atoms with E-state index in [1.54, 1.807) is 24.7 Å². The minimum absolute atomic E-state index is 0.0441. The minimum Gasteiger partial charge on any atom is -0.486 e. The van der Waals surface area contributed by atoms with E-state index in [9.17, 15) is 9.59 Å². The zero-order valence-electron chi connectivity index (χ0n) is 17.7. The Kier molecular flexibility index (Phi) is 6.42. The normalized spacial score (nSPS) is 15.1. The first kappa shape index (κ1) is 22.6. The molecular formula is C23H21Cl2N3O3S. The maximum absolute atomic E-state index is 12.3. The number of rotatable bonds is 6. The van der Waals surface area contributed by atoms with E-state index >= 15 is 0 Å². The predicted octanol–water partition coefficient (Wildman–Crippen LogP) is 5.10. The number of benzene rings is 1. The molecule has 6 nitrogen and oxygen atoms in total. The number of thiophene rings is 1. The molecule has 3 heterocycles. The Hall–Kier alpha value is -2.61. The molecule has 0 fully saturated rings. The van der Waals surface area contributed by atoms with Crippen molar-refractivity contribution in [3.63, 3.8) is 0 Å². The lowest BCUT2D eigenvalue weighted by molar-refractivity contribution is -0.116. The maximum Gasteiger partial charge on any atom is 0.244 e. The molecule has 0 spiro atoms. The predicted molar refractivity (Wildman–Crippen MR) is 128 cm³/mol. The molecule has 0 saturated heterocycles. The lowest BCUT2D eigenvalue weighted by atomic mass is 10.1. The third-order valence-corrected chi connectivity index (χ3v) is 7.16. The van der Waals surface area contributed by atoms with Gasteiger partial charge in [-0.1, -0.05) is 23.2 Å². The van der Waals surface area contributed by atoms with E-state index in [-0.39, 0.29) is 17.8 Å². The molecule has 166 valence electrons. The molecule has 1 amide bonds. The van der Waals surface area contributed by atoms with Crippen LogP contribution in [0.1, 0.15) is 33.4 Å². The number of nitrogens with zero attached hydrogens (tertiary/aromatic N) is 2. The van der Waals surface area contributed by atoms with Crippen LogP contribution in [0.5, 0.6) is 5.75 Å². The fraction of sp³-hybridized carbons (Fsp3) is 0.261. The molecule has 1 aliphatic rings. The van der Waals surface area contributed by atoms with Gasteiger partial charge < -0.3 is 10.1 Å². The van der Waals surface area contributed by atoms with Crippen molar-refractivity contribution in [1.29, 1.82) is 0 Å². The lowest BCUT2D eigenvalue weighted by Gasteiger charge is -2.11. The average molecular weight is 490 g/mol. The van der Waals surface area contributed by atoms with Crippen LogP contribution in [0.15, 0.2) is 30.3 Å². The van der Waals surface area contributed by atoms with Gasteiger partial charge in [-0.3, -0.25) is 14.3 Å². The van der Waals surface area contributed by atoms with E-state index in [1.165, 1.54) is 17.4 Å². The number of aryl methyl sites for hydroxylation is 2. The van der Waals surface area contributed by atoms with E-state index in [0.29, 0.717) is 33.8 Å². The molecule has 1 aromatic carbocycles. The molecule has 0 bridgehead atoms. The molecule has 1 N–H and O–H groups in total. The Morgan fingerprint density at radius 1 is 1.34 bits per heavy atom. The van der Waals surface area contributed by atoms with Crippen LogP contribution in [0, 0.1) is 6.92 Å². The summed E-state index contributed by atoms with van der Waals surface area (Å²) in [7, 11) is 1.75. The van der Waals surface area contributed by atoms with Crippen LogP contribution in [0.3, 0.4) is 0 Å². The topological polar surface area (TPSA) is 73.2 Å². The van der Waals surface area contributed by atoms with Gasteiger partial charge >= 0.3 is 0 Å². The summed E-state index contributed by atoms with van der Waals surface area (Å²) in [6.07, 6.45) is 3.51. The van der Waals surface area contributed by atoms with Gasteiger partial charge in [0.15, 0.2) is 5.78 Å². The Bertz CT molecular complexity index is 1250. The highest BCUT2D eigenvalue weighted by molar-refractivity contribution is 7.17. The first-order valence-corrected chi connectivity index (χ1v) is 11.6. The highest BCUT2D eigenvalue weighted by atomic mass is 35.5. The van der Waals surface area contributed by atoms with Gasteiger partial charge in [-0.25, -0.2) is 0 Å². The van der Waals surface area contributed by atoms with Crippen molar-refractivity contribution in [2.75, 3.05) is 6.54 Å². The number of hydrogen-bond donors (Lipinski definition) is 1. The van der Waals surface area contributed by atoms with E-state index in [4.69, 9.17) is 27.9 Å². The van der Waals surface area contributed by atoms with Crippen molar-refractivity contribution in [2.24, 2.45) is 7.05 Å². The van der Waals surface area contributed by atoms with Gasteiger partial charge in [0.2, 0.25) is 5.91 Å². The zero-order valence-corrected chi connectivity index (χ0v) is 20.1. The molecule has 0 saturated carbocycles. The summed E-state index contributed by atoms with van der Waals surface area (Å²) >= 11 is 14.1. The van der Waals surface area contributed by atoms with E-state index in [1.807, 2.05) is 31.2 Å². The van der Waals surface area contributed by atoms with Crippen LogP contribution in [-0.2, 0) is 18.3 Å². The van der Waals surface area contributed by atoms with Crippen molar-refractivity contribution < 1.29 is 14.3 Å². The first-order chi connectivity index (χ1) is 15.2. The summed E-state index contributed by atoms with van der Waals surface area (Å²) in [6, 6.07) is 7.63. The largest absolute Gasteiger partial charge is 0.486 e. The summed E-state index contributed by atoms with van der Waals surface area (Å²) < 4.78 is 7.53. The average Bonchev–Trinajstić information content (AvgIpc) is 3.44. The maximum atomic E-state index is 12.3. The number of ether oxygens (including phenoxy) is 1. The summed E-state index contributed by atoms with van der Waals surface area (Å²) in [5, 5.41) is 8.08. The van der Waals surface area contributed by atoms with Crippen LogP contribution in [0.25, 0.3) is 16.5 Å². The minimum atomic E-state index is -0.244. The first-order valence-electron chi connectivity index (χ1n) is 9.98. The fourth-order valence-corrected chi connectivity index (χ4v) is 5.00. The molecule has 1 atom stereocenters. The molecule has 3 aromatic rings. The Balaban J connectivity index is 1.39. The number of carbonyl (C=O) groups is 2. The van der Waals surface area contributed by atoms with Gasteiger partial charge in [-0.15, -0.1) is 11.3 Å². The van der Waals surface area contributed by atoms with Gasteiger partial charge in [0, 0.05) is 35.5 Å². The Labute approximate surface area is 199 Å². The Morgan fingerprint density at radius 2 is 2.12 bits per heavy atom. The van der Waals surface area contributed by atoms with Crippen LogP contribution in [0.4, 0.5) is 0 Å². The van der Waals surface area contributed by atoms with Gasteiger partial charge in [-0.2, -0.15) is 5.10 Å². The zero-order chi connectivity index (χ0) is 23.0.